The second kappa shape index (κ2) is 4.33. The molecule has 6 heteroatoms. The van der Waals surface area contributed by atoms with Crippen LogP contribution in [0, 0.1) is 5.82 Å². The van der Waals surface area contributed by atoms with Gasteiger partial charge in [-0.25, -0.2) is 9.37 Å². The summed E-state index contributed by atoms with van der Waals surface area (Å²) in [5, 5.41) is 4.70. The Labute approximate surface area is 87.7 Å². The van der Waals surface area contributed by atoms with Crippen LogP contribution in [0.2, 0.25) is 0 Å². The quantitative estimate of drug-likeness (QED) is 0.719. The van der Waals surface area contributed by atoms with Crippen molar-refractivity contribution in [3.05, 3.63) is 42.7 Å². The van der Waals surface area contributed by atoms with Crippen LogP contribution in [0.4, 0.5) is 4.39 Å². The zero-order valence-electron chi connectivity index (χ0n) is 7.92. The fourth-order valence-corrected chi connectivity index (χ4v) is 2.69. The maximum atomic E-state index is 12.6. The smallest absolute Gasteiger partial charge is 0.225 e. The van der Waals surface area contributed by atoms with Crippen molar-refractivity contribution in [3.8, 4) is 0 Å². The Morgan fingerprint density at radius 2 is 2.07 bits per heavy atom. The van der Waals surface area contributed by atoms with Crippen LogP contribution in [0.5, 0.6) is 0 Å². The van der Waals surface area contributed by atoms with Gasteiger partial charge in [0, 0.05) is 0 Å². The minimum Gasteiger partial charge on any atom is -0.428 e. The molecular weight excluding hydrogens is 213 g/mol. The van der Waals surface area contributed by atoms with Gasteiger partial charge in [-0.05, 0) is 17.3 Å². The molecule has 0 radical (unpaired) electrons. The predicted octanol–water partition coefficient (Wildman–Crippen LogP) is -0.420. The van der Waals surface area contributed by atoms with Crippen molar-refractivity contribution in [2.45, 2.75) is 6.17 Å². The number of nitrogens with zero attached hydrogens (tertiary/aromatic N) is 3. The number of aromatic nitrogens is 3. The molecule has 2 aromatic rings. The summed E-state index contributed by atoms with van der Waals surface area (Å²) in [5.74, 6) is -0.291. The van der Waals surface area contributed by atoms with Crippen LogP contribution in [-0.4, -0.2) is 28.6 Å². The number of hydrogen-bond donors (Lipinski definition) is 1. The lowest BCUT2D eigenvalue weighted by molar-refractivity contribution is 0.554. The molecule has 0 amide bonds. The molecule has 1 N–H and O–H groups in total. The van der Waals surface area contributed by atoms with E-state index in [0.29, 0.717) is 6.17 Å². The Morgan fingerprint density at radius 3 is 2.67 bits per heavy atom. The van der Waals surface area contributed by atoms with Crippen LogP contribution in [0.3, 0.4) is 0 Å². The van der Waals surface area contributed by atoms with Gasteiger partial charge in [0.2, 0.25) is 9.04 Å². The van der Waals surface area contributed by atoms with E-state index in [9.17, 15) is 9.19 Å². The zero-order chi connectivity index (χ0) is 10.7. The topological polar surface area (TPSA) is 50.9 Å². The molecule has 0 bridgehead atoms. The molecule has 0 spiro atoms. The maximum Gasteiger partial charge on any atom is 0.225 e. The van der Waals surface area contributed by atoms with E-state index in [1.165, 1.54) is 18.5 Å². The highest BCUT2D eigenvalue weighted by atomic mass is 28.3. The molecule has 0 aliphatic carbocycles. The third-order valence-corrected chi connectivity index (χ3v) is 3.96. The molecule has 1 atom stereocenters. The van der Waals surface area contributed by atoms with E-state index in [0.717, 1.165) is 5.19 Å². The minimum atomic E-state index is -2.08. The Kier molecular flexibility index (Phi) is 2.88. The first kappa shape index (κ1) is 10.0. The average Bonchev–Trinajstić information content (AvgIpc) is 2.71. The van der Waals surface area contributed by atoms with Crippen LogP contribution >= 0.6 is 0 Å². The van der Waals surface area contributed by atoms with Crippen molar-refractivity contribution < 1.29 is 9.19 Å². The molecule has 0 aliphatic rings. The highest BCUT2D eigenvalue weighted by Crippen LogP contribution is 1.95. The van der Waals surface area contributed by atoms with Crippen molar-refractivity contribution in [3.63, 3.8) is 0 Å². The van der Waals surface area contributed by atoms with E-state index in [-0.39, 0.29) is 5.82 Å². The summed E-state index contributed by atoms with van der Waals surface area (Å²) in [4.78, 5) is 13.7. The summed E-state index contributed by atoms with van der Waals surface area (Å²) < 4.78 is 14.2. The third-order valence-electron chi connectivity index (χ3n) is 2.08. The number of hydrogen-bond acceptors (Lipinski definition) is 3. The summed E-state index contributed by atoms with van der Waals surface area (Å²) in [6.07, 6.45) is 3.43. The van der Waals surface area contributed by atoms with Crippen molar-refractivity contribution in [2.24, 2.45) is 0 Å². The summed E-state index contributed by atoms with van der Waals surface area (Å²) in [7, 11) is -2.08. The van der Waals surface area contributed by atoms with E-state index in [4.69, 9.17) is 0 Å². The molecule has 15 heavy (non-hydrogen) atoms. The largest absolute Gasteiger partial charge is 0.428 e. The monoisotopic (exact) mass is 223 g/mol. The SMILES string of the molecule is O[SiH](Cn1cncn1)c1ccc(F)cc1. The van der Waals surface area contributed by atoms with Crippen LogP contribution in [0.15, 0.2) is 36.9 Å². The lowest BCUT2D eigenvalue weighted by Gasteiger charge is -2.08. The highest BCUT2D eigenvalue weighted by molar-refractivity contribution is 6.64. The molecule has 78 valence electrons. The first-order valence-electron chi connectivity index (χ1n) is 4.51. The molecule has 0 saturated heterocycles. The maximum absolute atomic E-state index is 12.6. The molecule has 0 aliphatic heterocycles. The van der Waals surface area contributed by atoms with Crippen LogP contribution in [0.1, 0.15) is 0 Å². The Balaban J connectivity index is 2.08. The van der Waals surface area contributed by atoms with Crippen molar-refractivity contribution in [1.82, 2.24) is 14.8 Å². The molecule has 1 unspecified atom stereocenters. The van der Waals surface area contributed by atoms with Crippen molar-refractivity contribution >= 4 is 14.2 Å². The van der Waals surface area contributed by atoms with E-state index < -0.39 is 9.04 Å². The summed E-state index contributed by atoms with van der Waals surface area (Å²) in [5.41, 5.74) is 0. The van der Waals surface area contributed by atoms with Crippen LogP contribution in [0.25, 0.3) is 0 Å². The number of rotatable bonds is 3. The molecule has 1 heterocycles. The van der Waals surface area contributed by atoms with Gasteiger partial charge >= 0.3 is 0 Å². The van der Waals surface area contributed by atoms with Gasteiger partial charge in [0.25, 0.3) is 0 Å². The van der Waals surface area contributed by atoms with Gasteiger partial charge in [-0.3, -0.25) is 4.68 Å². The van der Waals surface area contributed by atoms with Gasteiger partial charge in [-0.1, -0.05) is 12.1 Å². The van der Waals surface area contributed by atoms with Gasteiger partial charge in [-0.2, -0.15) is 5.10 Å². The van der Waals surface area contributed by atoms with Gasteiger partial charge in [0.05, 0.1) is 6.17 Å². The normalized spacial score (nSPS) is 12.7. The Hall–Kier alpha value is -1.53. The van der Waals surface area contributed by atoms with Crippen molar-refractivity contribution in [2.75, 3.05) is 0 Å². The van der Waals surface area contributed by atoms with Gasteiger partial charge in [-0.15, -0.1) is 0 Å². The average molecular weight is 223 g/mol. The van der Waals surface area contributed by atoms with E-state index >= 15 is 0 Å². The third kappa shape index (κ3) is 2.48. The lowest BCUT2D eigenvalue weighted by atomic mass is 10.3. The van der Waals surface area contributed by atoms with Gasteiger partial charge in [0.1, 0.15) is 18.5 Å². The minimum absolute atomic E-state index is 0.291. The first-order chi connectivity index (χ1) is 7.25. The van der Waals surface area contributed by atoms with Gasteiger partial charge < -0.3 is 4.80 Å². The zero-order valence-corrected chi connectivity index (χ0v) is 9.07. The molecular formula is C9H10FN3OSi. The van der Waals surface area contributed by atoms with Gasteiger partial charge in [0.15, 0.2) is 0 Å². The number of halogens is 1. The molecule has 1 aromatic heterocycles. The highest BCUT2D eigenvalue weighted by Gasteiger charge is 2.11. The van der Waals surface area contributed by atoms with Crippen LogP contribution in [-0.2, 0) is 6.17 Å². The molecule has 0 saturated carbocycles. The summed E-state index contributed by atoms with van der Waals surface area (Å²) >= 11 is 0. The second-order valence-corrected chi connectivity index (χ2v) is 5.25. The van der Waals surface area contributed by atoms with Crippen LogP contribution < -0.4 is 5.19 Å². The Morgan fingerprint density at radius 1 is 1.33 bits per heavy atom. The fourth-order valence-electron chi connectivity index (χ4n) is 1.29. The summed E-state index contributed by atoms with van der Waals surface area (Å²) in [6, 6.07) is 5.94. The Bertz CT molecular complexity index is 417. The standard InChI is InChI=1S/C9H10FN3OSi/c10-8-1-3-9(4-2-8)15(14)7-13-6-11-5-12-13/h1-6,14-15H,7H2. The van der Waals surface area contributed by atoms with Crippen molar-refractivity contribution in [1.29, 1.82) is 0 Å². The summed E-state index contributed by atoms with van der Waals surface area (Å²) in [6.45, 7) is 0. The number of benzene rings is 1. The molecule has 0 fully saturated rings. The second-order valence-electron chi connectivity index (χ2n) is 3.18. The van der Waals surface area contributed by atoms with E-state index in [1.807, 2.05) is 0 Å². The van der Waals surface area contributed by atoms with E-state index in [2.05, 4.69) is 10.1 Å². The first-order valence-corrected chi connectivity index (χ1v) is 6.42. The molecule has 4 nitrogen and oxygen atoms in total. The lowest BCUT2D eigenvalue weighted by Crippen LogP contribution is -2.35. The molecule has 1 aromatic carbocycles. The molecule has 2 rings (SSSR count). The van der Waals surface area contributed by atoms with E-state index in [1.54, 1.807) is 23.1 Å². The predicted molar refractivity (Wildman–Crippen MR) is 55.4 cm³/mol. The fraction of sp³-hybridized carbons (Fsp3) is 0.111.